The Morgan fingerprint density at radius 2 is 2.07 bits per heavy atom. The molecule has 2 N–H and O–H groups in total. The summed E-state index contributed by atoms with van der Waals surface area (Å²) in [5.74, 6) is -0.974. The van der Waals surface area contributed by atoms with Gasteiger partial charge in [-0.05, 0) is 52.7 Å². The SMILES string of the molecule is C[C@H](Oc1c(Cl)cc(C=Nn2c(=O)[nH]c3ccccc3c2=O)cc1Br)C(=O)O. The molecule has 144 valence electrons. The van der Waals surface area contributed by atoms with Crippen molar-refractivity contribution in [1.29, 1.82) is 0 Å². The van der Waals surface area contributed by atoms with E-state index in [0.717, 1.165) is 0 Å². The van der Waals surface area contributed by atoms with E-state index in [9.17, 15) is 14.4 Å². The summed E-state index contributed by atoms with van der Waals surface area (Å²) >= 11 is 9.42. The van der Waals surface area contributed by atoms with Crippen molar-refractivity contribution >= 4 is 50.6 Å². The maximum Gasteiger partial charge on any atom is 0.349 e. The van der Waals surface area contributed by atoms with Gasteiger partial charge in [0.15, 0.2) is 11.9 Å². The van der Waals surface area contributed by atoms with Crippen molar-refractivity contribution in [3.8, 4) is 5.75 Å². The summed E-state index contributed by atoms with van der Waals surface area (Å²) in [4.78, 5) is 38.1. The predicted molar refractivity (Wildman–Crippen MR) is 109 cm³/mol. The molecular weight excluding hydrogens is 454 g/mol. The third-order valence-corrected chi connectivity index (χ3v) is 4.64. The van der Waals surface area contributed by atoms with Gasteiger partial charge in [0.05, 0.1) is 26.6 Å². The second kappa shape index (κ2) is 7.99. The molecule has 1 atom stereocenters. The van der Waals surface area contributed by atoms with E-state index in [-0.39, 0.29) is 10.8 Å². The number of nitrogens with zero attached hydrogens (tertiary/aromatic N) is 2. The molecule has 10 heteroatoms. The number of carbonyl (C=O) groups is 1. The molecule has 8 nitrogen and oxygen atoms in total. The standard InChI is InChI=1S/C18H13BrClN3O5/c1-9(17(25)26)28-15-12(19)6-10(7-13(15)20)8-21-23-16(24)11-4-2-3-5-14(11)22-18(23)27/h2-9H,1H3,(H,22,27)(H,25,26)/t9-/m0/s1. The van der Waals surface area contributed by atoms with Gasteiger partial charge in [0.25, 0.3) is 5.56 Å². The zero-order valence-electron chi connectivity index (χ0n) is 14.3. The molecule has 0 unspecified atom stereocenters. The van der Waals surface area contributed by atoms with Crippen LogP contribution in [0.15, 0.2) is 55.6 Å². The average Bonchev–Trinajstić information content (AvgIpc) is 2.64. The lowest BCUT2D eigenvalue weighted by atomic mass is 10.2. The molecule has 0 saturated carbocycles. The number of nitrogens with one attached hydrogen (secondary N) is 1. The minimum atomic E-state index is -1.14. The van der Waals surface area contributed by atoms with Crippen LogP contribution in [0.4, 0.5) is 0 Å². The van der Waals surface area contributed by atoms with Crippen LogP contribution in [-0.2, 0) is 4.79 Å². The van der Waals surface area contributed by atoms with E-state index in [1.807, 2.05) is 0 Å². The lowest BCUT2D eigenvalue weighted by Crippen LogP contribution is -2.32. The second-order valence-corrected chi connectivity index (χ2v) is 7.01. The number of hydrogen-bond donors (Lipinski definition) is 2. The zero-order valence-corrected chi connectivity index (χ0v) is 16.7. The summed E-state index contributed by atoms with van der Waals surface area (Å²) in [6.07, 6.45) is 0.190. The fraction of sp³-hybridized carbons (Fsp3) is 0.111. The van der Waals surface area contributed by atoms with Crippen LogP contribution >= 0.6 is 27.5 Å². The normalized spacial score (nSPS) is 12.4. The Hall–Kier alpha value is -2.91. The number of benzene rings is 2. The molecule has 3 aromatic rings. The summed E-state index contributed by atoms with van der Waals surface area (Å²) in [6.45, 7) is 1.37. The van der Waals surface area contributed by atoms with Crippen molar-refractivity contribution in [2.45, 2.75) is 13.0 Å². The minimum absolute atomic E-state index is 0.142. The number of ether oxygens (including phenoxy) is 1. The first kappa shape index (κ1) is 19.8. The van der Waals surface area contributed by atoms with Gasteiger partial charge in [0.2, 0.25) is 0 Å². The fourth-order valence-electron chi connectivity index (χ4n) is 2.38. The molecule has 0 aliphatic rings. The highest BCUT2D eigenvalue weighted by molar-refractivity contribution is 9.10. The third-order valence-electron chi connectivity index (χ3n) is 3.77. The number of rotatable bonds is 5. The predicted octanol–water partition coefficient (Wildman–Crippen LogP) is 2.84. The minimum Gasteiger partial charge on any atom is -0.479 e. The van der Waals surface area contributed by atoms with Crippen LogP contribution in [0.5, 0.6) is 5.75 Å². The van der Waals surface area contributed by atoms with Crippen LogP contribution in [-0.4, -0.2) is 33.1 Å². The number of hydrogen-bond acceptors (Lipinski definition) is 5. The molecule has 0 saturated heterocycles. The quantitative estimate of drug-likeness (QED) is 0.561. The Morgan fingerprint density at radius 1 is 1.36 bits per heavy atom. The first-order chi connectivity index (χ1) is 13.3. The van der Waals surface area contributed by atoms with Gasteiger partial charge >= 0.3 is 11.7 Å². The second-order valence-electron chi connectivity index (χ2n) is 5.75. The molecule has 1 aromatic heterocycles. The maximum atomic E-state index is 12.5. The summed E-state index contributed by atoms with van der Waals surface area (Å²) in [5.41, 5.74) is -0.355. The third kappa shape index (κ3) is 4.00. The molecule has 0 aliphatic carbocycles. The number of aromatic amines is 1. The highest BCUT2D eigenvalue weighted by atomic mass is 79.9. The largest absolute Gasteiger partial charge is 0.479 e. The van der Waals surface area contributed by atoms with E-state index < -0.39 is 23.3 Å². The number of fused-ring (bicyclic) bond motifs is 1. The van der Waals surface area contributed by atoms with Crippen molar-refractivity contribution in [3.63, 3.8) is 0 Å². The van der Waals surface area contributed by atoms with E-state index in [1.165, 1.54) is 19.2 Å². The smallest absolute Gasteiger partial charge is 0.349 e. The number of aliphatic carboxylic acids is 1. The summed E-state index contributed by atoms with van der Waals surface area (Å²) in [5, 5.41) is 13.4. The van der Waals surface area contributed by atoms with Gasteiger partial charge in [-0.3, -0.25) is 4.79 Å². The Balaban J connectivity index is 1.98. The number of para-hydroxylation sites is 1. The molecule has 3 rings (SSSR count). The van der Waals surface area contributed by atoms with Gasteiger partial charge in [0.1, 0.15) is 0 Å². The molecule has 0 fully saturated rings. The summed E-state index contributed by atoms with van der Waals surface area (Å²) in [7, 11) is 0. The van der Waals surface area contributed by atoms with Gasteiger partial charge in [-0.2, -0.15) is 5.10 Å². The Kier molecular flexibility index (Phi) is 5.66. The van der Waals surface area contributed by atoms with Crippen LogP contribution in [0, 0.1) is 0 Å². The zero-order chi connectivity index (χ0) is 20.4. The maximum absolute atomic E-state index is 12.5. The van der Waals surface area contributed by atoms with Crippen molar-refractivity contribution < 1.29 is 14.6 Å². The van der Waals surface area contributed by atoms with E-state index in [4.69, 9.17) is 21.4 Å². The van der Waals surface area contributed by atoms with Crippen LogP contribution in [0.25, 0.3) is 10.9 Å². The Morgan fingerprint density at radius 3 is 2.75 bits per heavy atom. The molecule has 0 spiro atoms. The molecule has 0 aliphatic heterocycles. The average molecular weight is 467 g/mol. The van der Waals surface area contributed by atoms with Gasteiger partial charge in [0, 0.05) is 0 Å². The highest BCUT2D eigenvalue weighted by Crippen LogP contribution is 2.34. The number of carboxylic acids is 1. The lowest BCUT2D eigenvalue weighted by Gasteiger charge is -2.14. The lowest BCUT2D eigenvalue weighted by molar-refractivity contribution is -0.144. The topological polar surface area (TPSA) is 114 Å². The molecule has 1 heterocycles. The first-order valence-electron chi connectivity index (χ1n) is 7.95. The van der Waals surface area contributed by atoms with Gasteiger partial charge < -0.3 is 14.8 Å². The van der Waals surface area contributed by atoms with Gasteiger partial charge in [-0.25, -0.2) is 9.59 Å². The number of halogens is 2. The summed E-state index contributed by atoms with van der Waals surface area (Å²) < 4.78 is 6.42. The van der Waals surface area contributed by atoms with Crippen LogP contribution < -0.4 is 16.0 Å². The van der Waals surface area contributed by atoms with Gasteiger partial charge in [-0.15, -0.1) is 4.68 Å². The number of carboxylic acid groups (broad SMARTS) is 1. The van der Waals surface area contributed by atoms with E-state index in [2.05, 4.69) is 26.0 Å². The molecule has 2 aromatic carbocycles. The van der Waals surface area contributed by atoms with Crippen molar-refractivity contribution in [1.82, 2.24) is 9.66 Å². The van der Waals surface area contributed by atoms with Crippen LogP contribution in [0.3, 0.4) is 0 Å². The van der Waals surface area contributed by atoms with E-state index in [0.29, 0.717) is 25.6 Å². The van der Waals surface area contributed by atoms with Gasteiger partial charge in [-0.1, -0.05) is 23.7 Å². The molecule has 0 bridgehead atoms. The Labute approximate surface area is 171 Å². The summed E-state index contributed by atoms with van der Waals surface area (Å²) in [6, 6.07) is 9.64. The molecule has 0 radical (unpaired) electrons. The number of aromatic nitrogens is 2. The monoisotopic (exact) mass is 465 g/mol. The Bertz CT molecular complexity index is 1190. The molecular formula is C18H13BrClN3O5. The van der Waals surface area contributed by atoms with Crippen molar-refractivity contribution in [2.24, 2.45) is 5.10 Å². The van der Waals surface area contributed by atoms with Crippen molar-refractivity contribution in [2.75, 3.05) is 0 Å². The van der Waals surface area contributed by atoms with Crippen LogP contribution in [0.2, 0.25) is 5.02 Å². The van der Waals surface area contributed by atoms with Crippen LogP contribution in [0.1, 0.15) is 12.5 Å². The van der Waals surface area contributed by atoms with E-state index in [1.54, 1.807) is 30.3 Å². The highest BCUT2D eigenvalue weighted by Gasteiger charge is 2.17. The fourth-order valence-corrected chi connectivity index (χ4v) is 3.33. The molecule has 0 amide bonds. The van der Waals surface area contributed by atoms with E-state index >= 15 is 0 Å². The number of H-pyrrole nitrogens is 1. The first-order valence-corrected chi connectivity index (χ1v) is 9.12. The van der Waals surface area contributed by atoms with Crippen molar-refractivity contribution in [3.05, 3.63) is 72.3 Å². The molecule has 28 heavy (non-hydrogen) atoms.